The quantitative estimate of drug-likeness (QED) is 0.605. The summed E-state index contributed by atoms with van der Waals surface area (Å²) in [5.74, 6) is -0.350. The Hall–Kier alpha value is -2.05. The number of benzene rings is 1. The van der Waals surface area contributed by atoms with Gasteiger partial charge in [0.2, 0.25) is 0 Å². The third-order valence-electron chi connectivity index (χ3n) is 4.44. The number of aliphatic hydroxyl groups is 1. The summed E-state index contributed by atoms with van der Waals surface area (Å²) >= 11 is 0. The highest BCUT2D eigenvalue weighted by atomic mass is 19.1. The predicted molar refractivity (Wildman–Crippen MR) is 103 cm³/mol. The third kappa shape index (κ3) is 5.71. The number of nitrogens with zero attached hydrogens (tertiary/aromatic N) is 1. The Kier molecular flexibility index (Phi) is 8.13. The molecule has 0 unspecified atom stereocenters. The molecule has 0 saturated heterocycles. The highest BCUT2D eigenvalue weighted by molar-refractivity contribution is 5.68. The zero-order valence-corrected chi connectivity index (χ0v) is 16.1. The lowest BCUT2D eigenvalue weighted by Gasteiger charge is -2.20. The zero-order valence-electron chi connectivity index (χ0n) is 16.1. The van der Waals surface area contributed by atoms with Crippen LogP contribution >= 0.6 is 0 Å². The molecule has 2 N–H and O–H groups in total. The SMILES string of the molecule is CCCCOc1cccc(F)c1-c1ccc(F)c(CN[C@@H](CO)C(C)C)n1. The van der Waals surface area contributed by atoms with Gasteiger partial charge in [0, 0.05) is 12.6 Å². The molecular formula is C21H28F2N2O2. The van der Waals surface area contributed by atoms with Crippen LogP contribution in [0.15, 0.2) is 30.3 Å². The average molecular weight is 378 g/mol. The molecule has 27 heavy (non-hydrogen) atoms. The minimum atomic E-state index is -0.475. The molecule has 1 heterocycles. The van der Waals surface area contributed by atoms with E-state index in [2.05, 4.69) is 10.3 Å². The van der Waals surface area contributed by atoms with Crippen LogP contribution in [0.5, 0.6) is 5.75 Å². The monoisotopic (exact) mass is 378 g/mol. The van der Waals surface area contributed by atoms with Gasteiger partial charge in [-0.05, 0) is 36.6 Å². The van der Waals surface area contributed by atoms with E-state index in [0.29, 0.717) is 18.1 Å². The summed E-state index contributed by atoms with van der Waals surface area (Å²) in [6.07, 6.45) is 1.83. The number of aromatic nitrogens is 1. The number of unbranched alkanes of at least 4 members (excludes halogenated alkanes) is 1. The van der Waals surface area contributed by atoms with Crippen LogP contribution in [-0.4, -0.2) is 29.3 Å². The van der Waals surface area contributed by atoms with Crippen LogP contribution in [0.25, 0.3) is 11.3 Å². The molecule has 0 aliphatic rings. The average Bonchev–Trinajstić information content (AvgIpc) is 2.64. The molecule has 2 aromatic rings. The van der Waals surface area contributed by atoms with Crippen molar-refractivity contribution in [1.29, 1.82) is 0 Å². The largest absolute Gasteiger partial charge is 0.493 e. The number of rotatable bonds is 10. The molecule has 0 spiro atoms. The molecule has 1 aromatic heterocycles. The second kappa shape index (κ2) is 10.3. The van der Waals surface area contributed by atoms with Crippen molar-refractivity contribution in [3.63, 3.8) is 0 Å². The first-order valence-corrected chi connectivity index (χ1v) is 9.39. The molecule has 2 rings (SSSR count). The van der Waals surface area contributed by atoms with E-state index in [1.54, 1.807) is 12.1 Å². The minimum absolute atomic E-state index is 0.0539. The van der Waals surface area contributed by atoms with E-state index >= 15 is 0 Å². The summed E-state index contributed by atoms with van der Waals surface area (Å²) in [4.78, 5) is 4.32. The molecule has 4 nitrogen and oxygen atoms in total. The Morgan fingerprint density at radius 2 is 1.93 bits per heavy atom. The van der Waals surface area contributed by atoms with E-state index in [4.69, 9.17) is 4.74 Å². The summed E-state index contributed by atoms with van der Waals surface area (Å²) in [5.41, 5.74) is 0.731. The van der Waals surface area contributed by atoms with Gasteiger partial charge < -0.3 is 15.2 Å². The molecular weight excluding hydrogens is 350 g/mol. The number of nitrogens with one attached hydrogen (secondary N) is 1. The Labute approximate surface area is 159 Å². The van der Waals surface area contributed by atoms with Crippen molar-refractivity contribution in [2.45, 2.75) is 46.2 Å². The van der Waals surface area contributed by atoms with Gasteiger partial charge in [0.1, 0.15) is 17.4 Å². The summed E-state index contributed by atoms with van der Waals surface area (Å²) in [5, 5.41) is 12.5. The predicted octanol–water partition coefficient (Wildman–Crippen LogP) is 4.31. The number of ether oxygens (including phenoxy) is 1. The Morgan fingerprint density at radius 1 is 1.15 bits per heavy atom. The van der Waals surface area contributed by atoms with Crippen molar-refractivity contribution in [2.24, 2.45) is 5.92 Å². The molecule has 0 saturated carbocycles. The molecule has 0 radical (unpaired) electrons. The molecule has 0 aliphatic heterocycles. The fraction of sp³-hybridized carbons (Fsp3) is 0.476. The number of halogens is 2. The molecule has 0 bridgehead atoms. The minimum Gasteiger partial charge on any atom is -0.493 e. The maximum atomic E-state index is 14.5. The highest BCUT2D eigenvalue weighted by Crippen LogP contribution is 2.32. The van der Waals surface area contributed by atoms with Crippen LogP contribution in [0.1, 0.15) is 39.3 Å². The van der Waals surface area contributed by atoms with Crippen molar-refractivity contribution in [1.82, 2.24) is 10.3 Å². The maximum absolute atomic E-state index is 14.5. The molecule has 1 aromatic carbocycles. The second-order valence-electron chi connectivity index (χ2n) is 6.85. The van der Waals surface area contributed by atoms with E-state index in [0.717, 1.165) is 12.8 Å². The van der Waals surface area contributed by atoms with Crippen molar-refractivity contribution < 1.29 is 18.6 Å². The lowest BCUT2D eigenvalue weighted by Crippen LogP contribution is -2.37. The molecule has 6 heteroatoms. The van der Waals surface area contributed by atoms with E-state index in [1.807, 2.05) is 20.8 Å². The van der Waals surface area contributed by atoms with Gasteiger partial charge in [0.15, 0.2) is 0 Å². The molecule has 0 fully saturated rings. The first-order chi connectivity index (χ1) is 13.0. The summed E-state index contributed by atoms with van der Waals surface area (Å²) in [7, 11) is 0. The van der Waals surface area contributed by atoms with Crippen molar-refractivity contribution in [2.75, 3.05) is 13.2 Å². The Bertz CT molecular complexity index is 738. The third-order valence-corrected chi connectivity index (χ3v) is 4.44. The number of aliphatic hydroxyl groups excluding tert-OH is 1. The summed E-state index contributed by atoms with van der Waals surface area (Å²) < 4.78 is 34.4. The van der Waals surface area contributed by atoms with Crippen LogP contribution in [0.2, 0.25) is 0 Å². The van der Waals surface area contributed by atoms with Gasteiger partial charge in [0.25, 0.3) is 0 Å². The Morgan fingerprint density at radius 3 is 2.59 bits per heavy atom. The van der Waals surface area contributed by atoms with Gasteiger partial charge in [-0.25, -0.2) is 13.8 Å². The van der Waals surface area contributed by atoms with Gasteiger partial charge in [0.05, 0.1) is 30.2 Å². The first-order valence-electron chi connectivity index (χ1n) is 9.39. The van der Waals surface area contributed by atoms with Crippen molar-refractivity contribution in [3.8, 4) is 17.0 Å². The van der Waals surface area contributed by atoms with Gasteiger partial charge in [-0.15, -0.1) is 0 Å². The fourth-order valence-electron chi connectivity index (χ4n) is 2.69. The van der Waals surface area contributed by atoms with E-state index in [-0.39, 0.29) is 36.4 Å². The van der Waals surface area contributed by atoms with Gasteiger partial charge in [-0.3, -0.25) is 0 Å². The van der Waals surface area contributed by atoms with Crippen LogP contribution in [0, 0.1) is 17.6 Å². The topological polar surface area (TPSA) is 54.4 Å². The van der Waals surface area contributed by atoms with Crippen LogP contribution in [-0.2, 0) is 6.54 Å². The lowest BCUT2D eigenvalue weighted by molar-refractivity contribution is 0.209. The maximum Gasteiger partial charge on any atom is 0.146 e. The van der Waals surface area contributed by atoms with Crippen molar-refractivity contribution >= 4 is 0 Å². The first kappa shape index (κ1) is 21.3. The second-order valence-corrected chi connectivity index (χ2v) is 6.85. The normalized spacial score (nSPS) is 12.4. The number of pyridine rings is 1. The fourth-order valence-corrected chi connectivity index (χ4v) is 2.69. The smallest absolute Gasteiger partial charge is 0.146 e. The van der Waals surface area contributed by atoms with Gasteiger partial charge in [-0.2, -0.15) is 0 Å². The number of hydrogen-bond acceptors (Lipinski definition) is 4. The lowest BCUT2D eigenvalue weighted by atomic mass is 10.1. The Balaban J connectivity index is 2.29. The molecule has 0 aliphatic carbocycles. The number of hydrogen-bond donors (Lipinski definition) is 2. The van der Waals surface area contributed by atoms with Crippen LogP contribution in [0.4, 0.5) is 8.78 Å². The molecule has 1 atom stereocenters. The standard InChI is InChI=1S/C21H28F2N2O2/c1-4-5-11-27-20-8-6-7-16(23)21(20)17-10-9-15(22)18(25-17)12-24-19(13-26)14(2)3/h6-10,14,19,24,26H,4-5,11-13H2,1-3H3/t19-/m0/s1. The molecule has 0 amide bonds. The summed E-state index contributed by atoms with van der Waals surface area (Å²) in [6, 6.07) is 7.18. The molecule has 148 valence electrons. The van der Waals surface area contributed by atoms with E-state index in [1.165, 1.54) is 18.2 Å². The highest BCUT2D eigenvalue weighted by Gasteiger charge is 2.17. The van der Waals surface area contributed by atoms with E-state index < -0.39 is 11.6 Å². The van der Waals surface area contributed by atoms with E-state index in [9.17, 15) is 13.9 Å². The van der Waals surface area contributed by atoms with Crippen molar-refractivity contribution in [3.05, 3.63) is 47.7 Å². The zero-order chi connectivity index (χ0) is 19.8. The summed E-state index contributed by atoms with van der Waals surface area (Å²) in [6.45, 7) is 6.55. The van der Waals surface area contributed by atoms with Gasteiger partial charge in [-0.1, -0.05) is 33.3 Å². The van der Waals surface area contributed by atoms with Crippen LogP contribution < -0.4 is 10.1 Å². The van der Waals surface area contributed by atoms with Crippen LogP contribution in [0.3, 0.4) is 0 Å². The van der Waals surface area contributed by atoms with Gasteiger partial charge >= 0.3 is 0 Å².